The molecular formula is C18H24O. The lowest BCUT2D eigenvalue weighted by molar-refractivity contribution is -0.120. The van der Waals surface area contributed by atoms with Gasteiger partial charge in [0.05, 0.1) is 0 Å². The van der Waals surface area contributed by atoms with Crippen molar-refractivity contribution < 1.29 is 4.79 Å². The van der Waals surface area contributed by atoms with Gasteiger partial charge in [-0.05, 0) is 30.2 Å². The maximum atomic E-state index is 12.2. The van der Waals surface area contributed by atoms with E-state index < -0.39 is 0 Å². The molecule has 1 aromatic carbocycles. The number of Topliss-reactive ketones (excluding diaryl/α,β-unsaturated/α-hetero) is 1. The van der Waals surface area contributed by atoms with Crippen LogP contribution in [0.2, 0.25) is 0 Å². The molecule has 0 saturated heterocycles. The molecule has 2 fully saturated rings. The van der Waals surface area contributed by atoms with Gasteiger partial charge in [0, 0.05) is 12.3 Å². The predicted octanol–water partition coefficient (Wildman–Crippen LogP) is 4.72. The van der Waals surface area contributed by atoms with Gasteiger partial charge in [0.15, 0.2) is 0 Å². The van der Waals surface area contributed by atoms with Crippen LogP contribution in [0.1, 0.15) is 62.8 Å². The van der Waals surface area contributed by atoms with Crippen LogP contribution in [0.15, 0.2) is 30.3 Å². The molecule has 2 aliphatic rings. The molecule has 0 aliphatic heterocycles. The highest BCUT2D eigenvalue weighted by atomic mass is 16.1. The standard InChI is InChI=1S/C18H24O/c19-18(12-11-14-7-3-1-4-8-14)17-13-16(17)15-9-5-2-6-10-15/h2,5-6,9-10,14,16-17H,1,3-4,7-8,11-13H2. The molecule has 0 radical (unpaired) electrons. The van der Waals surface area contributed by atoms with Crippen molar-refractivity contribution in [3.8, 4) is 0 Å². The third-order valence-electron chi connectivity index (χ3n) is 4.96. The van der Waals surface area contributed by atoms with Crippen LogP contribution < -0.4 is 0 Å². The molecule has 1 aromatic rings. The van der Waals surface area contributed by atoms with Gasteiger partial charge >= 0.3 is 0 Å². The van der Waals surface area contributed by atoms with Crippen molar-refractivity contribution in [2.75, 3.05) is 0 Å². The fourth-order valence-corrected chi connectivity index (χ4v) is 3.63. The Bertz CT molecular complexity index is 417. The van der Waals surface area contributed by atoms with Crippen molar-refractivity contribution in [3.05, 3.63) is 35.9 Å². The summed E-state index contributed by atoms with van der Waals surface area (Å²) in [6.07, 6.45) is 9.97. The van der Waals surface area contributed by atoms with Gasteiger partial charge < -0.3 is 0 Å². The molecule has 0 spiro atoms. The highest BCUT2D eigenvalue weighted by Gasteiger charge is 2.43. The van der Waals surface area contributed by atoms with Crippen LogP contribution in [0.5, 0.6) is 0 Å². The molecule has 19 heavy (non-hydrogen) atoms. The average molecular weight is 256 g/mol. The number of carbonyl (C=O) groups excluding carboxylic acids is 1. The summed E-state index contributed by atoms with van der Waals surface area (Å²) in [6.45, 7) is 0. The topological polar surface area (TPSA) is 17.1 Å². The van der Waals surface area contributed by atoms with E-state index >= 15 is 0 Å². The summed E-state index contributed by atoms with van der Waals surface area (Å²) in [5.41, 5.74) is 1.36. The number of ketones is 1. The summed E-state index contributed by atoms with van der Waals surface area (Å²) in [5, 5.41) is 0. The maximum absolute atomic E-state index is 12.2. The first-order valence-corrected chi connectivity index (χ1v) is 7.92. The Balaban J connectivity index is 1.45. The number of hydrogen-bond acceptors (Lipinski definition) is 1. The van der Waals surface area contributed by atoms with Crippen LogP contribution in [-0.4, -0.2) is 5.78 Å². The van der Waals surface area contributed by atoms with E-state index in [1.54, 1.807) is 0 Å². The first-order valence-electron chi connectivity index (χ1n) is 7.92. The van der Waals surface area contributed by atoms with Crippen molar-refractivity contribution in [1.82, 2.24) is 0 Å². The molecule has 1 heteroatoms. The molecule has 3 rings (SSSR count). The second-order valence-electron chi connectivity index (χ2n) is 6.37. The Morgan fingerprint density at radius 1 is 1.05 bits per heavy atom. The van der Waals surface area contributed by atoms with Crippen LogP contribution >= 0.6 is 0 Å². The zero-order valence-corrected chi connectivity index (χ0v) is 11.7. The first-order chi connectivity index (χ1) is 9.34. The molecule has 2 unspecified atom stereocenters. The fraction of sp³-hybridized carbons (Fsp3) is 0.611. The molecule has 2 saturated carbocycles. The van der Waals surface area contributed by atoms with Gasteiger partial charge in [0.25, 0.3) is 0 Å². The Morgan fingerprint density at radius 2 is 1.79 bits per heavy atom. The van der Waals surface area contributed by atoms with E-state index in [1.165, 1.54) is 37.7 Å². The molecule has 2 atom stereocenters. The molecule has 0 heterocycles. The lowest BCUT2D eigenvalue weighted by Gasteiger charge is -2.20. The van der Waals surface area contributed by atoms with E-state index in [4.69, 9.17) is 0 Å². The third-order valence-corrected chi connectivity index (χ3v) is 4.96. The summed E-state index contributed by atoms with van der Waals surface area (Å²) >= 11 is 0. The van der Waals surface area contributed by atoms with Gasteiger partial charge in [0.2, 0.25) is 0 Å². The average Bonchev–Trinajstić information content (AvgIpc) is 3.27. The SMILES string of the molecule is O=C(CCC1CCCCC1)C1CC1c1ccccc1. The van der Waals surface area contributed by atoms with E-state index in [2.05, 4.69) is 24.3 Å². The minimum atomic E-state index is 0.339. The molecule has 2 aliphatic carbocycles. The van der Waals surface area contributed by atoms with Crippen molar-refractivity contribution >= 4 is 5.78 Å². The van der Waals surface area contributed by atoms with Crippen LogP contribution in [0.3, 0.4) is 0 Å². The van der Waals surface area contributed by atoms with Gasteiger partial charge in [-0.1, -0.05) is 62.4 Å². The third kappa shape index (κ3) is 3.26. The second kappa shape index (κ2) is 5.90. The van der Waals surface area contributed by atoms with E-state index in [1.807, 2.05) is 6.07 Å². The number of hydrogen-bond donors (Lipinski definition) is 0. The summed E-state index contributed by atoms with van der Waals surface area (Å²) in [4.78, 5) is 12.2. The summed E-state index contributed by atoms with van der Waals surface area (Å²) < 4.78 is 0. The molecule has 102 valence electrons. The minimum Gasteiger partial charge on any atom is -0.299 e. The van der Waals surface area contributed by atoms with Crippen LogP contribution in [0, 0.1) is 11.8 Å². The summed E-state index contributed by atoms with van der Waals surface area (Å²) in [5.74, 6) is 2.23. The minimum absolute atomic E-state index is 0.339. The van der Waals surface area contributed by atoms with E-state index in [-0.39, 0.29) is 0 Å². The highest BCUT2D eigenvalue weighted by Crippen LogP contribution is 2.48. The van der Waals surface area contributed by atoms with E-state index in [0.717, 1.165) is 25.2 Å². The van der Waals surface area contributed by atoms with E-state index in [0.29, 0.717) is 17.6 Å². The second-order valence-corrected chi connectivity index (χ2v) is 6.37. The summed E-state index contributed by atoms with van der Waals surface area (Å²) in [6, 6.07) is 10.5. The Kier molecular flexibility index (Phi) is 4.00. The molecule has 0 bridgehead atoms. The van der Waals surface area contributed by atoms with Gasteiger partial charge in [-0.25, -0.2) is 0 Å². The zero-order chi connectivity index (χ0) is 13.1. The zero-order valence-electron chi connectivity index (χ0n) is 11.7. The van der Waals surface area contributed by atoms with Gasteiger partial charge in [0.1, 0.15) is 5.78 Å². The van der Waals surface area contributed by atoms with Gasteiger partial charge in [-0.2, -0.15) is 0 Å². The smallest absolute Gasteiger partial charge is 0.136 e. The van der Waals surface area contributed by atoms with Crippen molar-refractivity contribution in [1.29, 1.82) is 0 Å². The highest BCUT2D eigenvalue weighted by molar-refractivity contribution is 5.85. The molecule has 0 N–H and O–H groups in total. The van der Waals surface area contributed by atoms with Crippen molar-refractivity contribution in [2.45, 2.75) is 57.3 Å². The fourth-order valence-electron chi connectivity index (χ4n) is 3.63. The molecule has 1 nitrogen and oxygen atoms in total. The Hall–Kier alpha value is -1.11. The molecule has 0 amide bonds. The quantitative estimate of drug-likeness (QED) is 0.745. The number of rotatable bonds is 5. The largest absolute Gasteiger partial charge is 0.299 e. The normalized spacial score (nSPS) is 27.2. The number of carbonyl (C=O) groups is 1. The monoisotopic (exact) mass is 256 g/mol. The van der Waals surface area contributed by atoms with E-state index in [9.17, 15) is 4.79 Å². The Morgan fingerprint density at radius 3 is 2.53 bits per heavy atom. The molecule has 0 aromatic heterocycles. The van der Waals surface area contributed by atoms with Gasteiger partial charge in [-0.15, -0.1) is 0 Å². The predicted molar refractivity (Wildman–Crippen MR) is 78.1 cm³/mol. The van der Waals surface area contributed by atoms with Crippen molar-refractivity contribution in [3.63, 3.8) is 0 Å². The number of benzene rings is 1. The molecular weight excluding hydrogens is 232 g/mol. The van der Waals surface area contributed by atoms with Crippen LogP contribution in [-0.2, 0) is 4.79 Å². The first kappa shape index (κ1) is 12.9. The van der Waals surface area contributed by atoms with Gasteiger partial charge in [-0.3, -0.25) is 4.79 Å². The Labute approximate surface area is 116 Å². The summed E-state index contributed by atoms with van der Waals surface area (Å²) in [7, 11) is 0. The van der Waals surface area contributed by atoms with Crippen molar-refractivity contribution in [2.24, 2.45) is 11.8 Å². The lowest BCUT2D eigenvalue weighted by Crippen LogP contribution is -2.10. The van der Waals surface area contributed by atoms with Crippen LogP contribution in [0.4, 0.5) is 0 Å². The maximum Gasteiger partial charge on any atom is 0.136 e. The van der Waals surface area contributed by atoms with Crippen LogP contribution in [0.25, 0.3) is 0 Å². The lowest BCUT2D eigenvalue weighted by atomic mass is 9.85.